The monoisotopic (exact) mass is 271 g/mol. The van der Waals surface area contributed by atoms with E-state index in [2.05, 4.69) is 5.32 Å². The molecule has 0 aliphatic rings. The van der Waals surface area contributed by atoms with Crippen molar-refractivity contribution in [3.05, 3.63) is 29.6 Å². The van der Waals surface area contributed by atoms with Gasteiger partial charge >= 0.3 is 0 Å². The fourth-order valence-corrected chi connectivity index (χ4v) is 1.84. The van der Waals surface area contributed by atoms with Crippen LogP contribution in [-0.4, -0.2) is 38.6 Å². The summed E-state index contributed by atoms with van der Waals surface area (Å²) in [6, 6.07) is 4.68. The van der Waals surface area contributed by atoms with E-state index in [1.165, 1.54) is 13.2 Å². The molecule has 108 valence electrons. The van der Waals surface area contributed by atoms with E-state index < -0.39 is 6.10 Å². The Morgan fingerprint density at radius 1 is 1.37 bits per heavy atom. The lowest BCUT2D eigenvalue weighted by Gasteiger charge is -2.17. The highest BCUT2D eigenvalue weighted by Gasteiger charge is 2.12. The number of methoxy groups -OCH3 is 2. The quantitative estimate of drug-likeness (QED) is 0.758. The number of benzene rings is 1. The fraction of sp³-hybridized carbons (Fsp3) is 0.571. The van der Waals surface area contributed by atoms with Gasteiger partial charge in [0.2, 0.25) is 0 Å². The molecule has 1 aromatic carbocycles. The van der Waals surface area contributed by atoms with Crippen LogP contribution in [0.5, 0.6) is 5.75 Å². The molecule has 0 aromatic heterocycles. The molecule has 1 aromatic rings. The minimum absolute atomic E-state index is 0.124. The predicted molar refractivity (Wildman–Crippen MR) is 71.9 cm³/mol. The maximum atomic E-state index is 13.8. The Kier molecular flexibility index (Phi) is 6.77. The Hall–Kier alpha value is -1.17. The first-order chi connectivity index (χ1) is 9.08. The van der Waals surface area contributed by atoms with Crippen LogP contribution in [-0.2, 0) is 4.74 Å². The second-order valence-corrected chi connectivity index (χ2v) is 4.46. The van der Waals surface area contributed by atoms with Crippen LogP contribution in [0.2, 0.25) is 0 Å². The van der Waals surface area contributed by atoms with Crippen LogP contribution in [0.4, 0.5) is 4.39 Å². The van der Waals surface area contributed by atoms with E-state index in [1.54, 1.807) is 19.2 Å². The maximum absolute atomic E-state index is 13.8. The standard InChI is InChI=1S/C14H22FNO3/c1-10(16-7-6-11(17)9-18-2)13-5-4-12(19-3)8-14(13)15/h4-5,8,10-11,16-17H,6-7,9H2,1-3H3. The molecule has 5 heteroatoms. The van der Waals surface area contributed by atoms with Gasteiger partial charge in [-0.1, -0.05) is 6.07 Å². The Bertz CT molecular complexity index is 387. The first kappa shape index (κ1) is 15.9. The second-order valence-electron chi connectivity index (χ2n) is 4.46. The van der Waals surface area contributed by atoms with Gasteiger partial charge in [-0.2, -0.15) is 0 Å². The highest BCUT2D eigenvalue weighted by Crippen LogP contribution is 2.21. The van der Waals surface area contributed by atoms with Crippen LogP contribution in [0.3, 0.4) is 0 Å². The molecule has 0 saturated heterocycles. The number of hydrogen-bond acceptors (Lipinski definition) is 4. The Labute approximate surface area is 113 Å². The van der Waals surface area contributed by atoms with Gasteiger partial charge in [-0.25, -0.2) is 4.39 Å². The molecular formula is C14H22FNO3. The summed E-state index contributed by atoms with van der Waals surface area (Å²) >= 11 is 0. The maximum Gasteiger partial charge on any atom is 0.131 e. The van der Waals surface area contributed by atoms with Crippen LogP contribution in [0, 0.1) is 5.82 Å². The minimum Gasteiger partial charge on any atom is -0.497 e. The average molecular weight is 271 g/mol. The van der Waals surface area contributed by atoms with Crippen molar-refractivity contribution in [2.75, 3.05) is 27.4 Å². The van der Waals surface area contributed by atoms with Crippen LogP contribution < -0.4 is 10.1 Å². The topological polar surface area (TPSA) is 50.7 Å². The molecule has 2 N–H and O–H groups in total. The number of halogens is 1. The fourth-order valence-electron chi connectivity index (χ4n) is 1.84. The summed E-state index contributed by atoms with van der Waals surface area (Å²) in [6.45, 7) is 2.79. The van der Waals surface area contributed by atoms with E-state index in [9.17, 15) is 9.50 Å². The van der Waals surface area contributed by atoms with Crippen molar-refractivity contribution in [1.29, 1.82) is 0 Å². The van der Waals surface area contributed by atoms with E-state index in [-0.39, 0.29) is 11.9 Å². The number of aliphatic hydroxyl groups is 1. The predicted octanol–water partition coefficient (Wildman–Crippen LogP) is 1.88. The lowest BCUT2D eigenvalue weighted by molar-refractivity contribution is 0.0590. The third-order valence-corrected chi connectivity index (χ3v) is 2.96. The highest BCUT2D eigenvalue weighted by atomic mass is 19.1. The van der Waals surface area contributed by atoms with Gasteiger partial charge in [-0.05, 0) is 26.0 Å². The molecule has 4 nitrogen and oxygen atoms in total. The first-order valence-electron chi connectivity index (χ1n) is 6.32. The van der Waals surface area contributed by atoms with Crippen molar-refractivity contribution in [2.24, 2.45) is 0 Å². The molecule has 2 unspecified atom stereocenters. The SMILES string of the molecule is COCC(O)CCNC(C)c1ccc(OC)cc1F. The summed E-state index contributed by atoms with van der Waals surface area (Å²) < 4.78 is 23.6. The minimum atomic E-state index is -0.495. The van der Waals surface area contributed by atoms with Gasteiger partial charge in [0.1, 0.15) is 11.6 Å². The van der Waals surface area contributed by atoms with Crippen LogP contribution in [0.25, 0.3) is 0 Å². The number of rotatable bonds is 8. The summed E-state index contributed by atoms with van der Waals surface area (Å²) in [4.78, 5) is 0. The smallest absolute Gasteiger partial charge is 0.131 e. The largest absolute Gasteiger partial charge is 0.497 e. The molecule has 0 amide bonds. The number of hydrogen-bond donors (Lipinski definition) is 2. The van der Waals surface area contributed by atoms with Gasteiger partial charge in [-0.3, -0.25) is 0 Å². The van der Waals surface area contributed by atoms with E-state index in [4.69, 9.17) is 9.47 Å². The van der Waals surface area contributed by atoms with E-state index >= 15 is 0 Å². The van der Waals surface area contributed by atoms with Crippen molar-refractivity contribution in [3.63, 3.8) is 0 Å². The number of ether oxygens (including phenoxy) is 2. The molecule has 0 aliphatic heterocycles. The molecule has 0 fully saturated rings. The zero-order valence-corrected chi connectivity index (χ0v) is 11.6. The van der Waals surface area contributed by atoms with Crippen molar-refractivity contribution in [3.8, 4) is 5.75 Å². The molecule has 19 heavy (non-hydrogen) atoms. The van der Waals surface area contributed by atoms with E-state index in [0.29, 0.717) is 30.9 Å². The van der Waals surface area contributed by atoms with Gasteiger partial charge in [0.25, 0.3) is 0 Å². The molecule has 0 spiro atoms. The Morgan fingerprint density at radius 3 is 2.68 bits per heavy atom. The van der Waals surface area contributed by atoms with E-state index in [1.807, 2.05) is 6.92 Å². The summed E-state index contributed by atoms with van der Waals surface area (Å²) in [5, 5.41) is 12.7. The number of nitrogens with one attached hydrogen (secondary N) is 1. The first-order valence-corrected chi connectivity index (χ1v) is 6.32. The van der Waals surface area contributed by atoms with Crippen LogP contribution >= 0.6 is 0 Å². The zero-order chi connectivity index (χ0) is 14.3. The third kappa shape index (κ3) is 5.14. The van der Waals surface area contributed by atoms with Crippen molar-refractivity contribution in [1.82, 2.24) is 5.32 Å². The highest BCUT2D eigenvalue weighted by molar-refractivity contribution is 5.30. The normalized spacial score (nSPS) is 14.2. The second kappa shape index (κ2) is 8.09. The van der Waals surface area contributed by atoms with Gasteiger partial charge in [0.15, 0.2) is 0 Å². The lowest BCUT2D eigenvalue weighted by Crippen LogP contribution is -2.26. The van der Waals surface area contributed by atoms with Crippen molar-refractivity contribution >= 4 is 0 Å². The van der Waals surface area contributed by atoms with E-state index in [0.717, 1.165) is 0 Å². The summed E-state index contributed by atoms with van der Waals surface area (Å²) in [5.74, 6) is 0.209. The lowest BCUT2D eigenvalue weighted by atomic mass is 10.1. The van der Waals surface area contributed by atoms with Gasteiger partial charge in [0, 0.05) is 24.8 Å². The summed E-state index contributed by atoms with van der Waals surface area (Å²) in [6.07, 6.45) is 0.0704. The Morgan fingerprint density at radius 2 is 2.11 bits per heavy atom. The molecule has 0 heterocycles. The zero-order valence-electron chi connectivity index (χ0n) is 11.6. The summed E-state index contributed by atoms with van der Waals surface area (Å²) in [7, 11) is 3.05. The molecule has 2 atom stereocenters. The molecule has 0 bridgehead atoms. The molecule has 0 aliphatic carbocycles. The van der Waals surface area contributed by atoms with Crippen molar-refractivity contribution < 1.29 is 19.0 Å². The van der Waals surface area contributed by atoms with Gasteiger partial charge in [-0.15, -0.1) is 0 Å². The molecule has 0 radical (unpaired) electrons. The van der Waals surface area contributed by atoms with Crippen LogP contribution in [0.15, 0.2) is 18.2 Å². The third-order valence-electron chi connectivity index (χ3n) is 2.96. The van der Waals surface area contributed by atoms with Crippen LogP contribution in [0.1, 0.15) is 24.9 Å². The van der Waals surface area contributed by atoms with Gasteiger partial charge < -0.3 is 19.9 Å². The average Bonchev–Trinajstić information content (AvgIpc) is 2.38. The molecule has 1 rings (SSSR count). The Balaban J connectivity index is 2.47. The number of aliphatic hydroxyl groups excluding tert-OH is 1. The van der Waals surface area contributed by atoms with Crippen molar-refractivity contribution in [2.45, 2.75) is 25.5 Å². The molecular weight excluding hydrogens is 249 g/mol. The summed E-state index contributed by atoms with van der Waals surface area (Å²) in [5.41, 5.74) is 0.585. The molecule has 0 saturated carbocycles. The van der Waals surface area contributed by atoms with Gasteiger partial charge in [0.05, 0.1) is 19.8 Å².